The number of nitrogens with two attached hydrogens (primary N) is 1. The number of halogens is 1. The van der Waals surface area contributed by atoms with Crippen LogP contribution in [0.1, 0.15) is 17.3 Å². The summed E-state index contributed by atoms with van der Waals surface area (Å²) in [7, 11) is 0. The Morgan fingerprint density at radius 1 is 1.47 bits per heavy atom. The Hall–Kier alpha value is -1.40. The van der Waals surface area contributed by atoms with Gasteiger partial charge in [0.25, 0.3) is 0 Å². The Morgan fingerprint density at radius 3 is 3.11 bits per heavy atom. The first kappa shape index (κ1) is 12.6. The Bertz CT molecular complexity index is 662. The van der Waals surface area contributed by atoms with Gasteiger partial charge in [-0.25, -0.2) is 4.98 Å². The Labute approximate surface area is 119 Å². The maximum atomic E-state index is 6.01. The standard InChI is InChI=1S/C13H13ClN4S/c14-10-3-1-2-9(6-10)12(17-15)7-11-8-18-4-5-19-13(18)16-11/h1-6,8,12,17H,7,15H2. The number of nitrogens with zero attached hydrogens (tertiary/aromatic N) is 2. The van der Waals surface area contributed by atoms with E-state index in [2.05, 4.69) is 10.4 Å². The molecule has 1 unspecified atom stereocenters. The summed E-state index contributed by atoms with van der Waals surface area (Å²) in [4.78, 5) is 5.56. The van der Waals surface area contributed by atoms with Crippen LogP contribution in [0, 0.1) is 0 Å². The number of benzene rings is 1. The molecular weight excluding hydrogens is 280 g/mol. The molecule has 0 aliphatic heterocycles. The van der Waals surface area contributed by atoms with Gasteiger partial charge in [-0.2, -0.15) is 0 Å². The zero-order valence-electron chi connectivity index (χ0n) is 10.1. The molecule has 1 aromatic carbocycles. The molecule has 0 saturated carbocycles. The SMILES string of the molecule is NNC(Cc1cn2ccsc2n1)c1cccc(Cl)c1. The van der Waals surface area contributed by atoms with Crippen molar-refractivity contribution in [3.63, 3.8) is 0 Å². The monoisotopic (exact) mass is 292 g/mol. The molecule has 0 bridgehead atoms. The molecule has 0 radical (unpaired) electrons. The summed E-state index contributed by atoms with van der Waals surface area (Å²) >= 11 is 7.63. The second-order valence-corrected chi connectivity index (χ2v) is 5.61. The normalized spacial score (nSPS) is 12.9. The van der Waals surface area contributed by atoms with Crippen LogP contribution in [0.4, 0.5) is 0 Å². The fraction of sp³-hybridized carbons (Fsp3) is 0.154. The lowest BCUT2D eigenvalue weighted by Gasteiger charge is -2.15. The first-order valence-corrected chi connectivity index (χ1v) is 7.14. The number of rotatable bonds is 4. The predicted molar refractivity (Wildman–Crippen MR) is 78.3 cm³/mol. The molecule has 4 nitrogen and oxygen atoms in total. The van der Waals surface area contributed by atoms with Crippen molar-refractivity contribution in [3.8, 4) is 0 Å². The first-order chi connectivity index (χ1) is 9.26. The molecule has 2 aromatic heterocycles. The summed E-state index contributed by atoms with van der Waals surface area (Å²) in [5, 5.41) is 2.73. The molecule has 0 spiro atoms. The summed E-state index contributed by atoms with van der Waals surface area (Å²) in [6.07, 6.45) is 4.76. The summed E-state index contributed by atoms with van der Waals surface area (Å²) in [5.41, 5.74) is 4.90. The minimum absolute atomic E-state index is 0.00306. The second kappa shape index (κ2) is 5.30. The maximum Gasteiger partial charge on any atom is 0.193 e. The van der Waals surface area contributed by atoms with Crippen LogP contribution in [-0.2, 0) is 6.42 Å². The van der Waals surface area contributed by atoms with E-state index in [-0.39, 0.29) is 6.04 Å². The number of fused-ring (bicyclic) bond motifs is 1. The van der Waals surface area contributed by atoms with E-state index in [0.717, 1.165) is 22.6 Å². The molecule has 3 aromatic rings. The Morgan fingerprint density at radius 2 is 2.37 bits per heavy atom. The molecule has 98 valence electrons. The van der Waals surface area contributed by atoms with Gasteiger partial charge in [0.05, 0.1) is 11.7 Å². The fourth-order valence-corrected chi connectivity index (χ4v) is 3.00. The number of hydrogen-bond acceptors (Lipinski definition) is 4. The zero-order chi connectivity index (χ0) is 13.2. The average Bonchev–Trinajstić information content (AvgIpc) is 2.96. The van der Waals surface area contributed by atoms with Gasteiger partial charge >= 0.3 is 0 Å². The van der Waals surface area contributed by atoms with E-state index in [1.165, 1.54) is 0 Å². The number of thiazole rings is 1. The topological polar surface area (TPSA) is 55.3 Å². The van der Waals surface area contributed by atoms with E-state index in [4.69, 9.17) is 17.4 Å². The van der Waals surface area contributed by atoms with Crippen LogP contribution >= 0.6 is 22.9 Å². The maximum absolute atomic E-state index is 6.01. The third-order valence-corrected chi connectivity index (χ3v) is 4.01. The van der Waals surface area contributed by atoms with E-state index in [9.17, 15) is 0 Å². The molecule has 3 rings (SSSR count). The molecule has 0 amide bonds. The van der Waals surface area contributed by atoms with Gasteiger partial charge in [-0.15, -0.1) is 11.3 Å². The van der Waals surface area contributed by atoms with Gasteiger partial charge in [0.1, 0.15) is 0 Å². The largest absolute Gasteiger partial charge is 0.297 e. The molecule has 0 aliphatic rings. The molecule has 1 atom stereocenters. The van der Waals surface area contributed by atoms with Crippen LogP contribution < -0.4 is 11.3 Å². The highest BCUT2D eigenvalue weighted by Gasteiger charge is 2.13. The number of aromatic nitrogens is 2. The van der Waals surface area contributed by atoms with E-state index in [1.54, 1.807) is 11.3 Å². The van der Waals surface area contributed by atoms with Crippen molar-refractivity contribution in [1.29, 1.82) is 0 Å². The van der Waals surface area contributed by atoms with Crippen LogP contribution in [0.25, 0.3) is 4.96 Å². The summed E-state index contributed by atoms with van der Waals surface area (Å²) in [6.45, 7) is 0. The molecule has 6 heteroatoms. The van der Waals surface area contributed by atoms with Crippen LogP contribution in [0.3, 0.4) is 0 Å². The van der Waals surface area contributed by atoms with E-state index in [1.807, 2.05) is 46.4 Å². The van der Waals surface area contributed by atoms with Crippen LogP contribution in [0.2, 0.25) is 5.02 Å². The van der Waals surface area contributed by atoms with Gasteiger partial charge in [0, 0.05) is 29.2 Å². The van der Waals surface area contributed by atoms with Crippen LogP contribution in [-0.4, -0.2) is 9.38 Å². The first-order valence-electron chi connectivity index (χ1n) is 5.89. The molecule has 0 saturated heterocycles. The van der Waals surface area contributed by atoms with Gasteiger partial charge in [0.15, 0.2) is 4.96 Å². The van der Waals surface area contributed by atoms with Crippen molar-refractivity contribution in [3.05, 3.63) is 58.3 Å². The minimum atomic E-state index is 0.00306. The van der Waals surface area contributed by atoms with E-state index in [0.29, 0.717) is 5.02 Å². The van der Waals surface area contributed by atoms with Gasteiger partial charge in [-0.05, 0) is 17.7 Å². The highest BCUT2D eigenvalue weighted by Crippen LogP contribution is 2.21. The quantitative estimate of drug-likeness (QED) is 0.574. The molecule has 19 heavy (non-hydrogen) atoms. The van der Waals surface area contributed by atoms with Crippen molar-refractivity contribution in [1.82, 2.24) is 14.8 Å². The summed E-state index contributed by atoms with van der Waals surface area (Å²) in [5.74, 6) is 5.65. The highest BCUT2D eigenvalue weighted by molar-refractivity contribution is 7.15. The average molecular weight is 293 g/mol. The molecule has 0 aliphatic carbocycles. The van der Waals surface area contributed by atoms with E-state index >= 15 is 0 Å². The number of hydrogen-bond donors (Lipinski definition) is 2. The highest BCUT2D eigenvalue weighted by atomic mass is 35.5. The lowest BCUT2D eigenvalue weighted by atomic mass is 10.0. The van der Waals surface area contributed by atoms with Gasteiger partial charge < -0.3 is 0 Å². The number of hydrazine groups is 1. The predicted octanol–water partition coefficient (Wildman–Crippen LogP) is 2.80. The third kappa shape index (κ3) is 2.64. The van der Waals surface area contributed by atoms with Crippen molar-refractivity contribution >= 4 is 27.9 Å². The number of nitrogens with one attached hydrogen (secondary N) is 1. The van der Waals surface area contributed by atoms with Crippen molar-refractivity contribution in [2.45, 2.75) is 12.5 Å². The molecule has 2 heterocycles. The third-order valence-electron chi connectivity index (χ3n) is 3.01. The molecule has 3 N–H and O–H groups in total. The van der Waals surface area contributed by atoms with Crippen molar-refractivity contribution in [2.75, 3.05) is 0 Å². The van der Waals surface area contributed by atoms with Crippen molar-refractivity contribution in [2.24, 2.45) is 5.84 Å². The fourth-order valence-electron chi connectivity index (χ4n) is 2.08. The lowest BCUT2D eigenvalue weighted by Crippen LogP contribution is -2.29. The van der Waals surface area contributed by atoms with Gasteiger partial charge in [-0.1, -0.05) is 23.7 Å². The smallest absolute Gasteiger partial charge is 0.193 e. The number of imidazole rings is 1. The molecular formula is C13H13ClN4S. The van der Waals surface area contributed by atoms with Gasteiger partial charge in [0.2, 0.25) is 0 Å². The molecule has 0 fully saturated rings. The zero-order valence-corrected chi connectivity index (χ0v) is 11.7. The Kier molecular flexibility index (Phi) is 3.52. The lowest BCUT2D eigenvalue weighted by molar-refractivity contribution is 0.547. The van der Waals surface area contributed by atoms with E-state index < -0.39 is 0 Å². The minimum Gasteiger partial charge on any atom is -0.297 e. The van der Waals surface area contributed by atoms with Gasteiger partial charge in [-0.3, -0.25) is 15.7 Å². The van der Waals surface area contributed by atoms with Crippen LogP contribution in [0.15, 0.2) is 42.0 Å². The summed E-state index contributed by atoms with van der Waals surface area (Å²) < 4.78 is 2.02. The van der Waals surface area contributed by atoms with Crippen LogP contribution in [0.5, 0.6) is 0 Å². The second-order valence-electron chi connectivity index (χ2n) is 4.30. The van der Waals surface area contributed by atoms with Crippen molar-refractivity contribution < 1.29 is 0 Å². The Balaban J connectivity index is 1.85. The summed E-state index contributed by atoms with van der Waals surface area (Å²) in [6, 6.07) is 7.71.